The molecule has 1 radical (unpaired) electrons. The number of aryl methyl sites for hydroxylation is 1. The second-order valence-electron chi connectivity index (χ2n) is 4.49. The van der Waals surface area contributed by atoms with Gasteiger partial charge in [-0.25, -0.2) is 15.0 Å². The van der Waals surface area contributed by atoms with Gasteiger partial charge in [-0.1, -0.05) is 12.8 Å². The standard InChI is InChI=1S/C12H13N4O/c1-8-12(17)16(9-4-2-3-5-9)11-10(15-8)6-13-7-14-11/h6,9H,2-5H2,1H3. The minimum Gasteiger partial charge on any atom is -0.287 e. The SMILES string of the molecule is Cc1nc2cn[c]nc2n(C2CCCC2)c1=O. The highest BCUT2D eigenvalue weighted by Gasteiger charge is 2.21. The molecule has 1 saturated carbocycles. The molecular formula is C12H13N4O. The monoisotopic (exact) mass is 229 g/mol. The van der Waals surface area contributed by atoms with E-state index in [1.165, 1.54) is 12.8 Å². The molecule has 0 aromatic carbocycles. The van der Waals surface area contributed by atoms with Gasteiger partial charge in [0.15, 0.2) is 12.0 Å². The lowest BCUT2D eigenvalue weighted by molar-refractivity contribution is 0.511. The molecule has 5 nitrogen and oxygen atoms in total. The van der Waals surface area contributed by atoms with E-state index in [4.69, 9.17) is 0 Å². The third-order valence-electron chi connectivity index (χ3n) is 3.36. The Labute approximate surface area is 98.5 Å². The van der Waals surface area contributed by atoms with Gasteiger partial charge in [0.2, 0.25) is 0 Å². The Kier molecular flexibility index (Phi) is 2.39. The summed E-state index contributed by atoms with van der Waals surface area (Å²) in [6, 6.07) is 0.259. The van der Waals surface area contributed by atoms with Crippen LogP contribution in [-0.4, -0.2) is 19.5 Å². The summed E-state index contributed by atoms with van der Waals surface area (Å²) in [6.45, 7) is 1.74. The van der Waals surface area contributed by atoms with Crippen molar-refractivity contribution in [2.45, 2.75) is 38.6 Å². The molecule has 17 heavy (non-hydrogen) atoms. The number of fused-ring (bicyclic) bond motifs is 1. The molecule has 0 N–H and O–H groups in total. The molecule has 0 amide bonds. The van der Waals surface area contributed by atoms with Gasteiger partial charge in [0.25, 0.3) is 5.56 Å². The Balaban J connectivity index is 2.33. The van der Waals surface area contributed by atoms with E-state index in [2.05, 4.69) is 21.3 Å². The quantitative estimate of drug-likeness (QED) is 0.741. The van der Waals surface area contributed by atoms with E-state index in [1.807, 2.05) is 0 Å². The molecule has 0 saturated heterocycles. The predicted octanol–water partition coefficient (Wildman–Crippen LogP) is 1.41. The number of rotatable bonds is 1. The molecule has 0 bridgehead atoms. The summed E-state index contributed by atoms with van der Waals surface area (Å²) >= 11 is 0. The van der Waals surface area contributed by atoms with Gasteiger partial charge < -0.3 is 0 Å². The van der Waals surface area contributed by atoms with Crippen LogP contribution in [0.5, 0.6) is 0 Å². The predicted molar refractivity (Wildman–Crippen MR) is 62.7 cm³/mol. The topological polar surface area (TPSA) is 60.7 Å². The number of aromatic nitrogens is 4. The van der Waals surface area contributed by atoms with Crippen LogP contribution in [0.25, 0.3) is 11.2 Å². The average Bonchev–Trinajstić information content (AvgIpc) is 2.84. The van der Waals surface area contributed by atoms with Crippen LogP contribution in [0.2, 0.25) is 0 Å². The van der Waals surface area contributed by atoms with Crippen molar-refractivity contribution >= 4 is 11.2 Å². The summed E-state index contributed by atoms with van der Waals surface area (Å²) in [5.41, 5.74) is 1.77. The van der Waals surface area contributed by atoms with E-state index in [9.17, 15) is 4.79 Å². The van der Waals surface area contributed by atoms with Crippen molar-refractivity contribution < 1.29 is 0 Å². The van der Waals surface area contributed by atoms with Crippen LogP contribution >= 0.6 is 0 Å². The fourth-order valence-corrected chi connectivity index (χ4v) is 2.54. The van der Waals surface area contributed by atoms with E-state index in [-0.39, 0.29) is 11.6 Å². The molecule has 1 aliphatic rings. The Hall–Kier alpha value is -1.78. The highest BCUT2D eigenvalue weighted by Crippen LogP contribution is 2.29. The fraction of sp³-hybridized carbons (Fsp3) is 0.500. The molecule has 0 unspecified atom stereocenters. The van der Waals surface area contributed by atoms with Crippen LogP contribution < -0.4 is 5.56 Å². The third kappa shape index (κ3) is 1.62. The van der Waals surface area contributed by atoms with Crippen LogP contribution in [0.1, 0.15) is 37.4 Å². The van der Waals surface area contributed by atoms with Crippen molar-refractivity contribution in [2.24, 2.45) is 0 Å². The van der Waals surface area contributed by atoms with Gasteiger partial charge in [0.1, 0.15) is 11.2 Å². The zero-order chi connectivity index (χ0) is 11.8. The maximum absolute atomic E-state index is 12.2. The van der Waals surface area contributed by atoms with Gasteiger partial charge in [-0.05, 0) is 19.8 Å². The van der Waals surface area contributed by atoms with Crippen LogP contribution in [0.3, 0.4) is 0 Å². The molecule has 1 aliphatic carbocycles. The molecule has 2 aromatic rings. The lowest BCUT2D eigenvalue weighted by Crippen LogP contribution is -2.27. The molecular weight excluding hydrogens is 216 g/mol. The zero-order valence-corrected chi connectivity index (χ0v) is 9.68. The van der Waals surface area contributed by atoms with Crippen molar-refractivity contribution in [3.8, 4) is 0 Å². The van der Waals surface area contributed by atoms with Gasteiger partial charge in [-0.3, -0.25) is 9.36 Å². The third-order valence-corrected chi connectivity index (χ3v) is 3.36. The highest BCUT2D eigenvalue weighted by atomic mass is 16.1. The van der Waals surface area contributed by atoms with E-state index < -0.39 is 0 Å². The summed E-state index contributed by atoms with van der Waals surface area (Å²) in [4.78, 5) is 24.4. The molecule has 3 rings (SSSR count). The van der Waals surface area contributed by atoms with E-state index in [0.29, 0.717) is 16.9 Å². The largest absolute Gasteiger partial charge is 0.287 e. The molecule has 2 heterocycles. The molecule has 1 fully saturated rings. The summed E-state index contributed by atoms with van der Waals surface area (Å²) < 4.78 is 1.78. The molecule has 0 atom stereocenters. The first kappa shape index (κ1) is 10.4. The van der Waals surface area contributed by atoms with Crippen molar-refractivity contribution in [1.29, 1.82) is 0 Å². The Morgan fingerprint density at radius 1 is 1.41 bits per heavy atom. The average molecular weight is 229 g/mol. The maximum Gasteiger partial charge on any atom is 0.273 e. The molecule has 0 aliphatic heterocycles. The number of hydrogen-bond donors (Lipinski definition) is 0. The first-order chi connectivity index (χ1) is 8.27. The summed E-state index contributed by atoms with van der Waals surface area (Å²) in [5, 5.41) is 0. The lowest BCUT2D eigenvalue weighted by atomic mass is 10.2. The van der Waals surface area contributed by atoms with Gasteiger partial charge in [0, 0.05) is 6.04 Å². The van der Waals surface area contributed by atoms with Crippen LogP contribution in [0.15, 0.2) is 11.0 Å². The first-order valence-corrected chi connectivity index (χ1v) is 5.89. The van der Waals surface area contributed by atoms with Crippen molar-refractivity contribution in [3.63, 3.8) is 0 Å². The van der Waals surface area contributed by atoms with E-state index in [0.717, 1.165) is 12.8 Å². The minimum absolute atomic E-state index is 0.0310. The lowest BCUT2D eigenvalue weighted by Gasteiger charge is -2.15. The first-order valence-electron chi connectivity index (χ1n) is 5.89. The molecule has 0 spiro atoms. The summed E-state index contributed by atoms with van der Waals surface area (Å²) in [5.74, 6) is 0. The molecule has 2 aromatic heterocycles. The van der Waals surface area contributed by atoms with Crippen molar-refractivity contribution in [1.82, 2.24) is 19.5 Å². The number of hydrogen-bond acceptors (Lipinski definition) is 4. The fourth-order valence-electron chi connectivity index (χ4n) is 2.54. The molecule has 5 heteroatoms. The minimum atomic E-state index is -0.0310. The maximum atomic E-state index is 12.2. The molecule has 87 valence electrons. The van der Waals surface area contributed by atoms with Gasteiger partial charge in [-0.2, -0.15) is 0 Å². The zero-order valence-electron chi connectivity index (χ0n) is 9.68. The van der Waals surface area contributed by atoms with Crippen molar-refractivity contribution in [3.05, 3.63) is 28.6 Å². The Morgan fingerprint density at radius 3 is 2.94 bits per heavy atom. The Bertz CT molecular complexity index is 613. The Morgan fingerprint density at radius 2 is 2.18 bits per heavy atom. The van der Waals surface area contributed by atoms with Crippen LogP contribution in [-0.2, 0) is 0 Å². The second kappa shape index (κ2) is 3.91. The smallest absolute Gasteiger partial charge is 0.273 e. The van der Waals surface area contributed by atoms with Crippen LogP contribution in [0.4, 0.5) is 0 Å². The van der Waals surface area contributed by atoms with E-state index in [1.54, 1.807) is 17.7 Å². The van der Waals surface area contributed by atoms with Gasteiger partial charge in [-0.15, -0.1) is 0 Å². The van der Waals surface area contributed by atoms with Gasteiger partial charge >= 0.3 is 0 Å². The normalized spacial score (nSPS) is 16.8. The van der Waals surface area contributed by atoms with E-state index >= 15 is 0 Å². The van der Waals surface area contributed by atoms with Crippen LogP contribution in [0, 0.1) is 13.3 Å². The summed E-state index contributed by atoms with van der Waals surface area (Å²) in [7, 11) is 0. The highest BCUT2D eigenvalue weighted by molar-refractivity contribution is 5.68. The summed E-state index contributed by atoms with van der Waals surface area (Å²) in [6.07, 6.45) is 8.60. The van der Waals surface area contributed by atoms with Gasteiger partial charge in [0.05, 0.1) is 6.20 Å². The number of nitrogens with zero attached hydrogens (tertiary/aromatic N) is 4. The second-order valence-corrected chi connectivity index (χ2v) is 4.49. The van der Waals surface area contributed by atoms with Crippen molar-refractivity contribution in [2.75, 3.05) is 0 Å².